The Balaban J connectivity index is 1.57. The summed E-state index contributed by atoms with van der Waals surface area (Å²) in [4.78, 5) is 4.33. The molecule has 1 aliphatic heterocycles. The van der Waals surface area contributed by atoms with Gasteiger partial charge >= 0.3 is 0 Å². The number of methoxy groups -OCH3 is 1. The summed E-state index contributed by atoms with van der Waals surface area (Å²) >= 11 is 0. The van der Waals surface area contributed by atoms with E-state index in [9.17, 15) is 4.39 Å². The molecule has 6 nitrogen and oxygen atoms in total. The molecule has 0 saturated carbocycles. The van der Waals surface area contributed by atoms with Gasteiger partial charge in [0, 0.05) is 38.3 Å². The molecule has 1 heterocycles. The number of hydrogen-bond donors (Lipinski definition) is 2. The molecule has 168 valence electrons. The zero-order valence-electron chi connectivity index (χ0n) is 18.5. The second kappa shape index (κ2) is 11.0. The zero-order valence-corrected chi connectivity index (χ0v) is 18.5. The molecular formula is C24H32FN3O3. The van der Waals surface area contributed by atoms with E-state index < -0.39 is 0 Å². The van der Waals surface area contributed by atoms with Gasteiger partial charge in [-0.1, -0.05) is 18.2 Å². The van der Waals surface area contributed by atoms with Gasteiger partial charge in [0.25, 0.3) is 0 Å². The first-order chi connectivity index (χ1) is 15.0. The molecule has 0 radical (unpaired) electrons. The molecule has 1 fully saturated rings. The average molecular weight is 430 g/mol. The van der Waals surface area contributed by atoms with Crippen LogP contribution in [0.15, 0.2) is 53.5 Å². The van der Waals surface area contributed by atoms with Crippen molar-refractivity contribution < 1.29 is 18.6 Å². The van der Waals surface area contributed by atoms with Crippen LogP contribution in [0.1, 0.15) is 25.3 Å². The topological polar surface area (TPSA) is 64.1 Å². The first kappa shape index (κ1) is 22.9. The van der Waals surface area contributed by atoms with Crippen LogP contribution in [0.5, 0.6) is 11.5 Å². The van der Waals surface area contributed by atoms with E-state index in [1.807, 2.05) is 37.3 Å². The second-order valence-corrected chi connectivity index (χ2v) is 7.82. The molecule has 0 bridgehead atoms. The smallest absolute Gasteiger partial charge is 0.191 e. The second-order valence-electron chi connectivity index (χ2n) is 7.82. The highest BCUT2D eigenvalue weighted by molar-refractivity contribution is 5.79. The molecule has 0 amide bonds. The van der Waals surface area contributed by atoms with Crippen LogP contribution in [-0.2, 0) is 10.2 Å². The Morgan fingerprint density at radius 1 is 1.13 bits per heavy atom. The van der Waals surface area contributed by atoms with Crippen LogP contribution >= 0.6 is 0 Å². The maximum Gasteiger partial charge on any atom is 0.191 e. The largest absolute Gasteiger partial charge is 0.497 e. The summed E-state index contributed by atoms with van der Waals surface area (Å²) in [6, 6.07) is 14.4. The number of guanidine groups is 1. The molecule has 0 spiro atoms. The first-order valence-corrected chi connectivity index (χ1v) is 10.6. The zero-order chi connectivity index (χ0) is 22.1. The molecule has 2 aromatic carbocycles. The minimum absolute atomic E-state index is 0.0779. The van der Waals surface area contributed by atoms with Crippen molar-refractivity contribution >= 4 is 5.96 Å². The molecule has 31 heavy (non-hydrogen) atoms. The highest BCUT2D eigenvalue weighted by Gasteiger charge is 2.35. The monoisotopic (exact) mass is 429 g/mol. The predicted octanol–water partition coefficient (Wildman–Crippen LogP) is 3.52. The van der Waals surface area contributed by atoms with Crippen molar-refractivity contribution in [3.63, 3.8) is 0 Å². The summed E-state index contributed by atoms with van der Waals surface area (Å²) in [7, 11) is 3.37. The highest BCUT2D eigenvalue weighted by Crippen LogP contribution is 2.34. The van der Waals surface area contributed by atoms with Crippen LogP contribution in [0.25, 0.3) is 0 Å². The quantitative estimate of drug-likeness (QED) is 0.497. The van der Waals surface area contributed by atoms with Crippen LogP contribution < -0.4 is 20.1 Å². The van der Waals surface area contributed by atoms with Crippen LogP contribution in [0, 0.1) is 5.82 Å². The lowest BCUT2D eigenvalue weighted by Gasteiger charge is -2.38. The summed E-state index contributed by atoms with van der Waals surface area (Å²) in [6.45, 7) is 4.54. The fourth-order valence-corrected chi connectivity index (χ4v) is 3.81. The number of nitrogens with zero attached hydrogens (tertiary/aromatic N) is 1. The standard InChI is InChI=1S/C24H32FN3O3/c1-18(31-22-9-5-8-21(15-22)29-3)16-27-23(26-2)28-17-24(10-12-30-13-11-24)19-6-4-7-20(25)14-19/h4-9,14-15,18H,10-13,16-17H2,1-3H3,(H2,26,27,28). The van der Waals surface area contributed by atoms with Gasteiger partial charge in [-0.3, -0.25) is 4.99 Å². The van der Waals surface area contributed by atoms with Gasteiger partial charge in [-0.2, -0.15) is 0 Å². The molecule has 1 saturated heterocycles. The van der Waals surface area contributed by atoms with Crippen molar-refractivity contribution in [3.05, 3.63) is 59.9 Å². The molecular weight excluding hydrogens is 397 g/mol. The molecule has 2 N–H and O–H groups in total. The summed E-state index contributed by atoms with van der Waals surface area (Å²) in [6.07, 6.45) is 1.58. The Bertz CT molecular complexity index is 869. The van der Waals surface area contributed by atoms with Crippen molar-refractivity contribution in [1.29, 1.82) is 0 Å². The Labute approximate surface area is 183 Å². The lowest BCUT2D eigenvalue weighted by atomic mass is 9.74. The normalized spacial score (nSPS) is 17.0. The molecule has 0 aliphatic carbocycles. The number of halogens is 1. The molecule has 7 heteroatoms. The summed E-state index contributed by atoms with van der Waals surface area (Å²) < 4.78 is 30.7. The van der Waals surface area contributed by atoms with Gasteiger partial charge in [0.05, 0.1) is 13.7 Å². The third-order valence-corrected chi connectivity index (χ3v) is 5.64. The van der Waals surface area contributed by atoms with Crippen molar-refractivity contribution in [1.82, 2.24) is 10.6 Å². The van der Waals surface area contributed by atoms with Crippen LogP contribution in [0.3, 0.4) is 0 Å². The highest BCUT2D eigenvalue weighted by atomic mass is 19.1. The summed E-state index contributed by atoms with van der Waals surface area (Å²) in [5, 5.41) is 6.74. The fourth-order valence-electron chi connectivity index (χ4n) is 3.81. The molecule has 1 aliphatic rings. The SMILES string of the molecule is CN=C(NCC(C)Oc1cccc(OC)c1)NCC1(c2cccc(F)c2)CCOCC1. The maximum atomic E-state index is 13.9. The third kappa shape index (κ3) is 6.34. The van der Waals surface area contributed by atoms with E-state index in [2.05, 4.69) is 15.6 Å². The van der Waals surface area contributed by atoms with Crippen molar-refractivity contribution in [2.45, 2.75) is 31.3 Å². The van der Waals surface area contributed by atoms with E-state index in [1.165, 1.54) is 6.07 Å². The van der Waals surface area contributed by atoms with Crippen molar-refractivity contribution in [3.8, 4) is 11.5 Å². The van der Waals surface area contributed by atoms with Crippen LogP contribution in [-0.4, -0.2) is 52.5 Å². The van der Waals surface area contributed by atoms with E-state index >= 15 is 0 Å². The number of aliphatic imine (C=N–C) groups is 1. The fraction of sp³-hybridized carbons (Fsp3) is 0.458. The summed E-state index contributed by atoms with van der Waals surface area (Å²) in [5.74, 6) is 1.98. The van der Waals surface area contributed by atoms with Gasteiger partial charge in [0.2, 0.25) is 0 Å². The number of hydrogen-bond acceptors (Lipinski definition) is 4. The number of benzene rings is 2. The molecule has 3 rings (SSSR count). The minimum Gasteiger partial charge on any atom is -0.497 e. The molecule has 0 aromatic heterocycles. The maximum absolute atomic E-state index is 13.9. The Kier molecular flexibility index (Phi) is 8.12. The van der Waals surface area contributed by atoms with E-state index in [0.29, 0.717) is 32.3 Å². The van der Waals surface area contributed by atoms with Gasteiger partial charge in [-0.15, -0.1) is 0 Å². The van der Waals surface area contributed by atoms with E-state index in [1.54, 1.807) is 26.3 Å². The number of rotatable bonds is 8. The van der Waals surface area contributed by atoms with E-state index in [4.69, 9.17) is 14.2 Å². The lowest BCUT2D eigenvalue weighted by molar-refractivity contribution is 0.0512. The lowest BCUT2D eigenvalue weighted by Crippen LogP contribution is -2.49. The Morgan fingerprint density at radius 3 is 2.58 bits per heavy atom. The molecule has 1 atom stereocenters. The minimum atomic E-state index is -0.214. The van der Waals surface area contributed by atoms with Crippen LogP contribution in [0.2, 0.25) is 0 Å². The number of nitrogens with one attached hydrogen (secondary N) is 2. The van der Waals surface area contributed by atoms with Gasteiger partial charge in [-0.05, 0) is 49.6 Å². The summed E-state index contributed by atoms with van der Waals surface area (Å²) in [5.41, 5.74) is 0.800. The van der Waals surface area contributed by atoms with Gasteiger partial charge in [0.15, 0.2) is 5.96 Å². The van der Waals surface area contributed by atoms with E-state index in [0.717, 1.165) is 29.9 Å². The Morgan fingerprint density at radius 2 is 1.87 bits per heavy atom. The van der Waals surface area contributed by atoms with Gasteiger partial charge in [0.1, 0.15) is 23.4 Å². The van der Waals surface area contributed by atoms with Gasteiger partial charge in [-0.25, -0.2) is 4.39 Å². The molecule has 1 unspecified atom stereocenters. The predicted molar refractivity (Wildman–Crippen MR) is 121 cm³/mol. The third-order valence-electron chi connectivity index (χ3n) is 5.64. The average Bonchev–Trinajstić information content (AvgIpc) is 2.80. The van der Waals surface area contributed by atoms with Crippen LogP contribution in [0.4, 0.5) is 4.39 Å². The number of ether oxygens (including phenoxy) is 3. The van der Waals surface area contributed by atoms with E-state index in [-0.39, 0.29) is 17.3 Å². The Hall–Kier alpha value is -2.80. The van der Waals surface area contributed by atoms with Gasteiger partial charge < -0.3 is 24.8 Å². The van der Waals surface area contributed by atoms with Crippen molar-refractivity contribution in [2.75, 3.05) is 40.5 Å². The van der Waals surface area contributed by atoms with Crippen molar-refractivity contribution in [2.24, 2.45) is 4.99 Å². The first-order valence-electron chi connectivity index (χ1n) is 10.6. The molecule has 2 aromatic rings.